The number of hydrogen-bond donors (Lipinski definition) is 2. The molecule has 8 heteroatoms. The number of morpholine rings is 1. The Hall–Kier alpha value is -2.87. The molecule has 0 aliphatic carbocycles. The van der Waals surface area contributed by atoms with E-state index in [0.717, 1.165) is 5.56 Å². The van der Waals surface area contributed by atoms with Crippen LogP contribution in [0.25, 0.3) is 0 Å². The highest BCUT2D eigenvalue weighted by Gasteiger charge is 2.28. The van der Waals surface area contributed by atoms with Crippen molar-refractivity contribution in [2.75, 3.05) is 26.2 Å². The van der Waals surface area contributed by atoms with E-state index in [2.05, 4.69) is 20.5 Å². The number of nitrogens with zero attached hydrogens (tertiary/aromatic N) is 2. The molecule has 2 unspecified atom stereocenters. The second kappa shape index (κ2) is 10.1. The summed E-state index contributed by atoms with van der Waals surface area (Å²) in [5.74, 6) is 0.888. The number of carbonyl (C=O) groups is 1. The van der Waals surface area contributed by atoms with Crippen molar-refractivity contribution in [2.45, 2.75) is 32.6 Å². The first-order chi connectivity index (χ1) is 14.0. The third kappa shape index (κ3) is 6.05. The van der Waals surface area contributed by atoms with E-state index in [1.54, 1.807) is 30.5 Å². The maximum Gasteiger partial charge on any atom is 0.242 e. The first-order valence-corrected chi connectivity index (χ1v) is 9.78. The molecule has 1 aromatic carbocycles. The van der Waals surface area contributed by atoms with Gasteiger partial charge in [-0.25, -0.2) is 9.38 Å². The van der Waals surface area contributed by atoms with Crippen LogP contribution >= 0.6 is 0 Å². The molecule has 1 aliphatic rings. The fourth-order valence-electron chi connectivity index (χ4n) is 3.21. The Morgan fingerprint density at radius 1 is 1.24 bits per heavy atom. The van der Waals surface area contributed by atoms with Crippen molar-refractivity contribution in [2.24, 2.45) is 4.99 Å². The monoisotopic (exact) mass is 402 g/mol. The fraction of sp³-hybridized carbons (Fsp3) is 0.429. The third-order valence-electron chi connectivity index (χ3n) is 4.55. The summed E-state index contributed by atoms with van der Waals surface area (Å²) in [5.41, 5.74) is 0.912. The Morgan fingerprint density at radius 3 is 2.72 bits per heavy atom. The van der Waals surface area contributed by atoms with Crippen LogP contribution in [0.1, 0.15) is 31.3 Å². The van der Waals surface area contributed by atoms with Gasteiger partial charge in [-0.05, 0) is 43.7 Å². The van der Waals surface area contributed by atoms with Crippen molar-refractivity contribution in [3.05, 3.63) is 59.8 Å². The molecule has 1 aromatic heterocycles. The number of carbonyl (C=O) groups excluding carboxylic acids is 1. The smallest absolute Gasteiger partial charge is 0.242 e. The minimum atomic E-state index is -0.273. The zero-order valence-electron chi connectivity index (χ0n) is 16.7. The molecule has 156 valence electrons. The van der Waals surface area contributed by atoms with E-state index in [1.165, 1.54) is 12.1 Å². The normalized spacial score (nSPS) is 19.8. The molecule has 7 nitrogen and oxygen atoms in total. The molecule has 2 heterocycles. The van der Waals surface area contributed by atoms with Crippen LogP contribution in [0.2, 0.25) is 0 Å². The Balaban J connectivity index is 1.63. The number of nitrogens with one attached hydrogen (secondary N) is 2. The highest BCUT2D eigenvalue weighted by Crippen LogP contribution is 2.25. The Kier molecular flexibility index (Phi) is 7.24. The number of ether oxygens (including phenoxy) is 1. The summed E-state index contributed by atoms with van der Waals surface area (Å²) in [6.07, 6.45) is 1.34. The van der Waals surface area contributed by atoms with Crippen LogP contribution < -0.4 is 10.6 Å². The minimum Gasteiger partial charge on any atom is -0.467 e. The molecule has 2 atom stereocenters. The quantitative estimate of drug-likeness (QED) is 0.573. The number of furan rings is 1. The SMILES string of the molecule is CCNC(=NCC(=O)NCc1ccco1)N1CC(C)OC(c2ccc(F)cc2)C1. The maximum atomic E-state index is 13.2. The standard InChI is InChI=1S/C21H27FN4O3/c1-3-23-21(25-12-20(27)24-11-18-5-4-10-28-18)26-13-15(2)29-19(14-26)16-6-8-17(22)9-7-16/h4-10,15,19H,3,11-14H2,1-2H3,(H,23,25)(H,24,27). The summed E-state index contributed by atoms with van der Waals surface area (Å²) in [6.45, 7) is 6.21. The highest BCUT2D eigenvalue weighted by molar-refractivity contribution is 5.85. The second-order valence-corrected chi connectivity index (χ2v) is 6.92. The number of rotatable bonds is 6. The van der Waals surface area contributed by atoms with Gasteiger partial charge in [0.1, 0.15) is 24.2 Å². The van der Waals surface area contributed by atoms with Gasteiger partial charge in [0.15, 0.2) is 5.96 Å². The lowest BCUT2D eigenvalue weighted by Crippen LogP contribution is -2.51. The van der Waals surface area contributed by atoms with Crippen LogP contribution in [-0.4, -0.2) is 49.0 Å². The molecule has 0 bridgehead atoms. The van der Waals surface area contributed by atoms with Crippen LogP contribution in [0.5, 0.6) is 0 Å². The number of amides is 1. The summed E-state index contributed by atoms with van der Waals surface area (Å²) in [5, 5.41) is 6.03. The molecule has 1 fully saturated rings. The molecule has 1 saturated heterocycles. The zero-order chi connectivity index (χ0) is 20.6. The predicted octanol–water partition coefficient (Wildman–Crippen LogP) is 2.46. The highest BCUT2D eigenvalue weighted by atomic mass is 19.1. The van der Waals surface area contributed by atoms with E-state index >= 15 is 0 Å². The van der Waals surface area contributed by atoms with E-state index in [-0.39, 0.29) is 30.5 Å². The molecule has 0 spiro atoms. The lowest BCUT2D eigenvalue weighted by molar-refractivity contribution is -0.119. The summed E-state index contributed by atoms with van der Waals surface area (Å²) < 4.78 is 24.5. The molecule has 29 heavy (non-hydrogen) atoms. The number of guanidine groups is 1. The number of halogens is 1. The lowest BCUT2D eigenvalue weighted by Gasteiger charge is -2.38. The third-order valence-corrected chi connectivity index (χ3v) is 4.55. The Labute approximate surface area is 169 Å². The Morgan fingerprint density at radius 2 is 2.03 bits per heavy atom. The summed E-state index contributed by atoms with van der Waals surface area (Å²) in [6, 6.07) is 9.93. The molecular weight excluding hydrogens is 375 g/mol. The van der Waals surface area contributed by atoms with E-state index in [4.69, 9.17) is 9.15 Å². The summed E-state index contributed by atoms with van der Waals surface area (Å²) >= 11 is 0. The Bertz CT molecular complexity index is 808. The first kappa shape index (κ1) is 20.9. The molecule has 2 aromatic rings. The average molecular weight is 402 g/mol. The topological polar surface area (TPSA) is 79.1 Å². The summed E-state index contributed by atoms with van der Waals surface area (Å²) in [7, 11) is 0. The van der Waals surface area contributed by atoms with Crippen LogP contribution in [0, 0.1) is 5.82 Å². The van der Waals surface area contributed by atoms with Crippen molar-refractivity contribution in [3.8, 4) is 0 Å². The van der Waals surface area contributed by atoms with Crippen molar-refractivity contribution in [1.82, 2.24) is 15.5 Å². The molecule has 1 amide bonds. The molecule has 3 rings (SSSR count). The van der Waals surface area contributed by atoms with E-state index < -0.39 is 0 Å². The van der Waals surface area contributed by atoms with Gasteiger partial charge in [-0.15, -0.1) is 0 Å². The van der Waals surface area contributed by atoms with Crippen molar-refractivity contribution >= 4 is 11.9 Å². The van der Waals surface area contributed by atoms with Gasteiger partial charge in [-0.2, -0.15) is 0 Å². The molecule has 0 radical (unpaired) electrons. The van der Waals surface area contributed by atoms with Crippen molar-refractivity contribution in [3.63, 3.8) is 0 Å². The average Bonchev–Trinajstić information content (AvgIpc) is 3.23. The second-order valence-electron chi connectivity index (χ2n) is 6.92. The van der Waals surface area contributed by atoms with Crippen LogP contribution in [0.3, 0.4) is 0 Å². The first-order valence-electron chi connectivity index (χ1n) is 9.78. The maximum absolute atomic E-state index is 13.2. The van der Waals surface area contributed by atoms with Crippen LogP contribution in [0.15, 0.2) is 52.1 Å². The van der Waals surface area contributed by atoms with Gasteiger partial charge in [-0.1, -0.05) is 12.1 Å². The largest absolute Gasteiger partial charge is 0.467 e. The summed E-state index contributed by atoms with van der Waals surface area (Å²) in [4.78, 5) is 18.7. The zero-order valence-corrected chi connectivity index (χ0v) is 16.7. The lowest BCUT2D eigenvalue weighted by atomic mass is 10.1. The number of hydrogen-bond acceptors (Lipinski definition) is 4. The van der Waals surface area contributed by atoms with E-state index in [9.17, 15) is 9.18 Å². The van der Waals surface area contributed by atoms with Crippen molar-refractivity contribution in [1.29, 1.82) is 0 Å². The van der Waals surface area contributed by atoms with Gasteiger partial charge in [0.2, 0.25) is 5.91 Å². The molecule has 1 aliphatic heterocycles. The van der Waals surface area contributed by atoms with Gasteiger partial charge in [0, 0.05) is 13.1 Å². The van der Waals surface area contributed by atoms with E-state index in [0.29, 0.717) is 37.9 Å². The number of aliphatic imine (C=N–C) groups is 1. The fourth-order valence-corrected chi connectivity index (χ4v) is 3.21. The van der Waals surface area contributed by atoms with Crippen molar-refractivity contribution < 1.29 is 18.3 Å². The molecular formula is C21H27FN4O3. The predicted molar refractivity (Wildman–Crippen MR) is 108 cm³/mol. The van der Waals surface area contributed by atoms with Crippen LogP contribution in [-0.2, 0) is 16.1 Å². The van der Waals surface area contributed by atoms with Gasteiger partial charge in [0.25, 0.3) is 0 Å². The van der Waals surface area contributed by atoms with Gasteiger partial charge >= 0.3 is 0 Å². The molecule has 2 N–H and O–H groups in total. The minimum absolute atomic E-state index is 0.00992. The van der Waals surface area contributed by atoms with Gasteiger partial charge < -0.3 is 24.7 Å². The number of benzene rings is 1. The van der Waals surface area contributed by atoms with Gasteiger partial charge in [0.05, 0.1) is 25.5 Å². The molecule has 0 saturated carbocycles. The van der Waals surface area contributed by atoms with Crippen LogP contribution in [0.4, 0.5) is 4.39 Å². The van der Waals surface area contributed by atoms with E-state index in [1.807, 2.05) is 13.8 Å². The van der Waals surface area contributed by atoms with Gasteiger partial charge in [-0.3, -0.25) is 4.79 Å².